The first-order valence-electron chi connectivity index (χ1n) is 15.9. The number of ether oxygens (including phenoxy) is 2. The minimum absolute atomic E-state index is 0.00248. The molecule has 0 bridgehead atoms. The highest BCUT2D eigenvalue weighted by Gasteiger charge is 2.43. The number of rotatable bonds is 6. The summed E-state index contributed by atoms with van der Waals surface area (Å²) in [5, 5.41) is 0. The fourth-order valence-electron chi connectivity index (χ4n) is 6.98. The Balaban J connectivity index is 1.33. The maximum atomic E-state index is 6.62. The number of benzene rings is 7. The Hall–Kier alpha value is -6.20. The van der Waals surface area contributed by atoms with Crippen molar-refractivity contribution in [2.24, 2.45) is 0 Å². The maximum Gasteiger partial charge on any atom is 0.252 e. The van der Waals surface area contributed by atoms with Crippen molar-refractivity contribution in [2.45, 2.75) is 0 Å². The highest BCUT2D eigenvalue weighted by atomic mass is 16.5. The van der Waals surface area contributed by atoms with Crippen LogP contribution in [0.1, 0.15) is 0 Å². The Labute approximate surface area is 274 Å². The van der Waals surface area contributed by atoms with Crippen LogP contribution in [0.4, 0.5) is 34.1 Å². The summed E-state index contributed by atoms with van der Waals surface area (Å²) in [4.78, 5) is 4.74. The van der Waals surface area contributed by atoms with Gasteiger partial charge in [0.1, 0.15) is 23.0 Å². The van der Waals surface area contributed by atoms with E-state index in [1.54, 1.807) is 0 Å². The topological polar surface area (TPSA) is 24.9 Å². The molecule has 47 heavy (non-hydrogen) atoms. The van der Waals surface area contributed by atoms with E-state index in [0.29, 0.717) is 0 Å². The molecule has 5 heteroatoms. The lowest BCUT2D eigenvalue weighted by Crippen LogP contribution is -2.61. The number of hydrogen-bond acceptors (Lipinski definition) is 4. The Kier molecular flexibility index (Phi) is 6.53. The fourth-order valence-corrected chi connectivity index (χ4v) is 6.98. The predicted octanol–water partition coefficient (Wildman–Crippen LogP) is 9.35. The van der Waals surface area contributed by atoms with Crippen molar-refractivity contribution in [1.82, 2.24) is 0 Å². The third kappa shape index (κ3) is 4.72. The van der Waals surface area contributed by atoms with E-state index in [0.717, 1.165) is 57.1 Å². The second-order valence-electron chi connectivity index (χ2n) is 11.8. The van der Waals surface area contributed by atoms with Crippen molar-refractivity contribution >= 4 is 57.2 Å². The van der Waals surface area contributed by atoms with Crippen LogP contribution in [0.15, 0.2) is 176 Å². The molecule has 2 aliphatic heterocycles. The van der Waals surface area contributed by atoms with Crippen LogP contribution >= 0.6 is 0 Å². The van der Waals surface area contributed by atoms with Gasteiger partial charge in [-0.1, -0.05) is 97.1 Å². The average molecular weight is 605 g/mol. The lowest BCUT2D eigenvalue weighted by atomic mass is 9.33. The molecule has 0 aromatic heterocycles. The number of anilines is 6. The van der Waals surface area contributed by atoms with Crippen molar-refractivity contribution in [3.63, 3.8) is 0 Å². The largest absolute Gasteiger partial charge is 0.457 e. The Bertz CT molecular complexity index is 2210. The molecule has 0 saturated carbocycles. The number of nitrogens with zero attached hydrogens (tertiary/aromatic N) is 2. The molecule has 0 fully saturated rings. The molecule has 0 radical (unpaired) electrons. The molecule has 2 heterocycles. The quantitative estimate of drug-likeness (QED) is 0.177. The second kappa shape index (κ2) is 11.3. The Morgan fingerprint density at radius 3 is 1.38 bits per heavy atom. The van der Waals surface area contributed by atoms with E-state index in [1.807, 2.05) is 60.7 Å². The molecule has 0 atom stereocenters. The lowest BCUT2D eigenvalue weighted by molar-refractivity contribution is 0.483. The van der Waals surface area contributed by atoms with Crippen molar-refractivity contribution in [1.29, 1.82) is 0 Å². The van der Waals surface area contributed by atoms with Crippen molar-refractivity contribution in [2.75, 3.05) is 9.80 Å². The van der Waals surface area contributed by atoms with Gasteiger partial charge in [0.25, 0.3) is 6.71 Å². The van der Waals surface area contributed by atoms with E-state index in [1.165, 1.54) is 16.4 Å². The van der Waals surface area contributed by atoms with Crippen molar-refractivity contribution in [3.8, 4) is 23.0 Å². The summed E-state index contributed by atoms with van der Waals surface area (Å²) < 4.78 is 13.0. The molecule has 0 aliphatic carbocycles. The normalized spacial score (nSPS) is 12.6. The standard InChI is InChI=1S/C42H29BN2O2/c1-5-15-30(16-6-1)44-38-24-14-13-23-36(38)43-37-26-25-34(46-32-19-9-3-10-20-32)27-39(37)45(31-17-7-2-8-18-31)41-29-35(28-40(44)42(41)43)47-33-21-11-4-12-22-33/h1-29H. The molecular formula is C42H29BN2O2. The first-order valence-corrected chi connectivity index (χ1v) is 15.9. The SMILES string of the molecule is c1ccc(Oc2ccc3c(c2)N(c2ccccc2)c2cc(Oc4ccccc4)cc4c2B3c2ccccc2N4c2ccccc2)cc1. The molecule has 7 aromatic rings. The van der Waals surface area contributed by atoms with Gasteiger partial charge in [0.2, 0.25) is 0 Å². The van der Waals surface area contributed by atoms with Gasteiger partial charge in [-0.15, -0.1) is 0 Å². The van der Waals surface area contributed by atoms with Crippen molar-refractivity contribution < 1.29 is 9.47 Å². The van der Waals surface area contributed by atoms with E-state index in [4.69, 9.17) is 9.47 Å². The fraction of sp³-hybridized carbons (Fsp3) is 0. The third-order valence-electron chi connectivity index (χ3n) is 8.91. The number of fused-ring (bicyclic) bond motifs is 4. The van der Waals surface area contributed by atoms with E-state index < -0.39 is 0 Å². The van der Waals surface area contributed by atoms with Gasteiger partial charge in [-0.25, -0.2) is 0 Å². The van der Waals surface area contributed by atoms with E-state index in [9.17, 15) is 0 Å². The maximum absolute atomic E-state index is 6.62. The van der Waals surface area contributed by atoms with E-state index in [2.05, 4.69) is 125 Å². The Morgan fingerprint density at radius 2 is 0.787 bits per heavy atom. The van der Waals surface area contributed by atoms with Gasteiger partial charge in [0.05, 0.1) is 0 Å². The number of para-hydroxylation sites is 5. The van der Waals surface area contributed by atoms with Gasteiger partial charge in [-0.3, -0.25) is 0 Å². The van der Waals surface area contributed by atoms with Crippen LogP contribution in [-0.4, -0.2) is 6.71 Å². The molecule has 222 valence electrons. The van der Waals surface area contributed by atoms with Crippen LogP contribution in [-0.2, 0) is 0 Å². The molecular weight excluding hydrogens is 575 g/mol. The molecule has 0 saturated heterocycles. The van der Waals surface area contributed by atoms with Gasteiger partial charge in [-0.2, -0.15) is 0 Å². The molecule has 0 amide bonds. The minimum Gasteiger partial charge on any atom is -0.457 e. The molecule has 2 aliphatic rings. The lowest BCUT2D eigenvalue weighted by Gasteiger charge is -2.44. The summed E-state index contributed by atoms with van der Waals surface area (Å²) in [5.41, 5.74) is 10.3. The summed E-state index contributed by atoms with van der Waals surface area (Å²) >= 11 is 0. The molecule has 4 nitrogen and oxygen atoms in total. The van der Waals surface area contributed by atoms with Gasteiger partial charge in [0, 0.05) is 52.3 Å². The molecule has 7 aromatic carbocycles. The summed E-state index contributed by atoms with van der Waals surface area (Å²) in [7, 11) is 0. The summed E-state index contributed by atoms with van der Waals surface area (Å²) in [6, 6.07) is 60.8. The van der Waals surface area contributed by atoms with Gasteiger partial charge >= 0.3 is 0 Å². The Morgan fingerprint density at radius 1 is 0.340 bits per heavy atom. The average Bonchev–Trinajstić information content (AvgIpc) is 3.13. The van der Waals surface area contributed by atoms with Crippen LogP contribution in [0.3, 0.4) is 0 Å². The van der Waals surface area contributed by atoms with Gasteiger partial charge in [0.15, 0.2) is 0 Å². The molecule has 0 unspecified atom stereocenters. The highest BCUT2D eigenvalue weighted by Crippen LogP contribution is 2.46. The van der Waals surface area contributed by atoms with E-state index in [-0.39, 0.29) is 6.71 Å². The highest BCUT2D eigenvalue weighted by molar-refractivity contribution is 7.00. The second-order valence-corrected chi connectivity index (χ2v) is 11.8. The van der Waals surface area contributed by atoms with Crippen molar-refractivity contribution in [3.05, 3.63) is 176 Å². The summed E-state index contributed by atoms with van der Waals surface area (Å²) in [5.74, 6) is 3.15. The number of hydrogen-bond donors (Lipinski definition) is 0. The van der Waals surface area contributed by atoms with E-state index >= 15 is 0 Å². The van der Waals surface area contributed by atoms with Crippen LogP contribution < -0.4 is 35.7 Å². The van der Waals surface area contributed by atoms with Crippen LogP contribution in [0, 0.1) is 0 Å². The first kappa shape index (κ1) is 27.1. The zero-order chi connectivity index (χ0) is 31.2. The van der Waals surface area contributed by atoms with Crippen LogP contribution in [0.2, 0.25) is 0 Å². The van der Waals surface area contributed by atoms with Gasteiger partial charge < -0.3 is 19.3 Å². The minimum atomic E-state index is 0.00248. The van der Waals surface area contributed by atoms with Crippen LogP contribution in [0.5, 0.6) is 23.0 Å². The summed E-state index contributed by atoms with van der Waals surface area (Å²) in [6.07, 6.45) is 0. The van der Waals surface area contributed by atoms with Gasteiger partial charge in [-0.05, 0) is 77.1 Å². The third-order valence-corrected chi connectivity index (χ3v) is 8.91. The zero-order valence-electron chi connectivity index (χ0n) is 25.5. The summed E-state index contributed by atoms with van der Waals surface area (Å²) in [6.45, 7) is 0.00248. The smallest absolute Gasteiger partial charge is 0.252 e. The molecule has 0 spiro atoms. The zero-order valence-corrected chi connectivity index (χ0v) is 25.5. The molecule has 9 rings (SSSR count). The predicted molar refractivity (Wildman–Crippen MR) is 193 cm³/mol. The molecule has 0 N–H and O–H groups in total. The monoisotopic (exact) mass is 604 g/mol. The first-order chi connectivity index (χ1) is 23.3. The van der Waals surface area contributed by atoms with Crippen LogP contribution in [0.25, 0.3) is 0 Å².